The van der Waals surface area contributed by atoms with Crippen molar-refractivity contribution in [1.82, 2.24) is 14.8 Å². The third kappa shape index (κ3) is 10.3. The van der Waals surface area contributed by atoms with Gasteiger partial charge in [0.05, 0.1) is 28.4 Å². The van der Waals surface area contributed by atoms with Gasteiger partial charge in [0, 0.05) is 60.1 Å². The summed E-state index contributed by atoms with van der Waals surface area (Å²) in [6.07, 6.45) is 6.84. The fraction of sp³-hybridized carbons (Fsp3) is 0.478. The number of hydrogen-bond donors (Lipinski definition) is 2. The molecule has 13 heteroatoms. The van der Waals surface area contributed by atoms with Crippen molar-refractivity contribution in [2.45, 2.75) is 104 Å². The first kappa shape index (κ1) is 43.2. The van der Waals surface area contributed by atoms with Crippen molar-refractivity contribution in [3.63, 3.8) is 0 Å². The third-order valence-corrected chi connectivity index (χ3v) is 12.0. The Balaban J connectivity index is 0.000000236. The van der Waals surface area contributed by atoms with Gasteiger partial charge in [0.2, 0.25) is 11.8 Å². The van der Waals surface area contributed by atoms with Crippen LogP contribution in [0.3, 0.4) is 0 Å². The second kappa shape index (κ2) is 17.9. The smallest absolute Gasteiger partial charge is 0.417 e. The number of primary amides is 1. The molecule has 3 aliphatic rings. The van der Waals surface area contributed by atoms with E-state index in [4.69, 9.17) is 15.7 Å². The lowest BCUT2D eigenvalue weighted by molar-refractivity contribution is -0.140. The van der Waals surface area contributed by atoms with Crippen LogP contribution >= 0.6 is 0 Å². The Bertz CT molecular complexity index is 2170. The van der Waals surface area contributed by atoms with E-state index >= 15 is 0 Å². The molecule has 7 rings (SSSR count). The minimum Gasteiger partial charge on any atom is -0.489 e. The lowest BCUT2D eigenvalue weighted by Gasteiger charge is -2.56. The summed E-state index contributed by atoms with van der Waals surface area (Å²) in [5, 5.41) is 12.3. The van der Waals surface area contributed by atoms with Crippen molar-refractivity contribution >= 4 is 34.4 Å². The molecule has 10 nitrogen and oxygen atoms in total. The topological polar surface area (TPSA) is 134 Å². The van der Waals surface area contributed by atoms with Gasteiger partial charge >= 0.3 is 12.2 Å². The number of aryl methyl sites for hydroxylation is 1. The molecule has 4 amide bonds. The second-order valence-corrected chi connectivity index (χ2v) is 17.5. The maximum Gasteiger partial charge on any atom is 0.417 e. The van der Waals surface area contributed by atoms with Gasteiger partial charge in [-0.25, -0.2) is 4.79 Å². The fourth-order valence-electron chi connectivity index (χ4n) is 9.47. The van der Waals surface area contributed by atoms with Crippen LogP contribution in [-0.4, -0.2) is 59.6 Å². The number of benzene rings is 3. The van der Waals surface area contributed by atoms with Crippen LogP contribution in [0, 0.1) is 22.2 Å². The van der Waals surface area contributed by atoms with E-state index in [0.29, 0.717) is 24.6 Å². The van der Waals surface area contributed by atoms with E-state index in [1.807, 2.05) is 64.1 Å². The molecular weight excluding hydrogens is 758 g/mol. The highest BCUT2D eigenvalue weighted by molar-refractivity contribution is 6.09. The fourth-order valence-corrected chi connectivity index (χ4v) is 9.47. The summed E-state index contributed by atoms with van der Waals surface area (Å²) in [4.78, 5) is 39.4. The van der Waals surface area contributed by atoms with E-state index < -0.39 is 11.7 Å². The number of urea groups is 1. The first-order valence-corrected chi connectivity index (χ1v) is 20.6. The molecule has 2 aliphatic heterocycles. The number of nitrogens with zero attached hydrogens (tertiary/aromatic N) is 4. The molecule has 1 aromatic heterocycles. The van der Waals surface area contributed by atoms with Crippen LogP contribution in [0.5, 0.6) is 5.75 Å². The normalized spacial score (nSPS) is 18.4. The van der Waals surface area contributed by atoms with Gasteiger partial charge in [-0.05, 0) is 99.2 Å². The summed E-state index contributed by atoms with van der Waals surface area (Å²) in [5.41, 5.74) is 7.67. The SMILES string of the molecule is CC1(C)CC(C)(C)C1Oc1ccc(C#N)c(C(F)(F)F)c1.NC(=O)c1ccc(CCCCCCN2CCC(n3ccc4c(N5CCC(=O)NC5=O)cccc43)CC2)cc1. The van der Waals surface area contributed by atoms with Crippen LogP contribution in [0.1, 0.15) is 112 Å². The van der Waals surface area contributed by atoms with Crippen LogP contribution in [-0.2, 0) is 17.4 Å². The van der Waals surface area contributed by atoms with E-state index in [0.717, 1.165) is 80.5 Å². The number of nitriles is 1. The van der Waals surface area contributed by atoms with E-state index in [9.17, 15) is 27.6 Å². The zero-order chi connectivity index (χ0) is 42.5. The maximum atomic E-state index is 12.9. The molecule has 3 fully saturated rings. The Morgan fingerprint density at radius 2 is 1.63 bits per heavy atom. The summed E-state index contributed by atoms with van der Waals surface area (Å²) < 4.78 is 47.0. The van der Waals surface area contributed by atoms with E-state index in [1.54, 1.807) is 11.0 Å². The summed E-state index contributed by atoms with van der Waals surface area (Å²) in [6, 6.07) is 21.0. The van der Waals surface area contributed by atoms with E-state index in [-0.39, 0.29) is 46.1 Å². The Morgan fingerprint density at radius 3 is 2.25 bits per heavy atom. The molecule has 59 heavy (non-hydrogen) atoms. The highest BCUT2D eigenvalue weighted by Gasteiger charge is 2.55. The highest BCUT2D eigenvalue weighted by atomic mass is 19.4. The summed E-state index contributed by atoms with van der Waals surface area (Å²) >= 11 is 0. The van der Waals surface area contributed by atoms with Gasteiger partial charge in [0.1, 0.15) is 11.9 Å². The number of ether oxygens (including phenoxy) is 1. The number of likely N-dealkylation sites (tertiary alicyclic amines) is 1. The van der Waals surface area contributed by atoms with Crippen molar-refractivity contribution < 1.29 is 32.3 Å². The summed E-state index contributed by atoms with van der Waals surface area (Å²) in [6.45, 7) is 11.9. The first-order valence-electron chi connectivity index (χ1n) is 20.6. The van der Waals surface area contributed by atoms with Gasteiger partial charge in [-0.15, -0.1) is 0 Å². The standard InChI is InChI=1S/C30H37N5O3.C16H18F3NO/c31-29(37)23-11-9-22(10-12-23)6-3-1-2-4-17-33-18-13-24(14-19-33)34-20-15-25-26(34)7-5-8-27(25)35-21-16-28(36)32-30(35)38;1-14(2)9-15(3,4)13(14)21-11-6-5-10(8-20)12(7-11)16(17,18)19/h5,7-12,15,20,24H,1-4,6,13-14,16-19,21H2,(H2,31,37)(H,32,36,38);5-7,13H,9H2,1-4H3. The number of aromatic nitrogens is 1. The van der Waals surface area contributed by atoms with Gasteiger partial charge in [-0.1, -0.05) is 58.7 Å². The van der Waals surface area contributed by atoms with Crippen molar-refractivity contribution in [2.75, 3.05) is 31.1 Å². The number of nitrogens with one attached hydrogen (secondary N) is 1. The predicted molar refractivity (Wildman–Crippen MR) is 222 cm³/mol. The van der Waals surface area contributed by atoms with Crippen LogP contribution in [0.4, 0.5) is 23.7 Å². The monoisotopic (exact) mass is 812 g/mol. The van der Waals surface area contributed by atoms with Crippen molar-refractivity contribution in [3.05, 3.63) is 95.2 Å². The Hall–Kier alpha value is -5.35. The number of nitrogens with two attached hydrogens (primary N) is 1. The molecule has 0 spiro atoms. The molecular formula is C46H55F3N6O4. The lowest BCUT2D eigenvalue weighted by atomic mass is 9.53. The number of amides is 4. The molecule has 4 aromatic rings. The average molecular weight is 813 g/mol. The Kier molecular flexibility index (Phi) is 13.1. The summed E-state index contributed by atoms with van der Waals surface area (Å²) in [5.74, 6) is -0.428. The largest absolute Gasteiger partial charge is 0.489 e. The van der Waals surface area contributed by atoms with E-state index in [1.165, 1.54) is 30.9 Å². The number of hydrogen-bond acceptors (Lipinski definition) is 6. The number of fused-ring (bicyclic) bond motifs is 1. The zero-order valence-electron chi connectivity index (χ0n) is 34.4. The molecule has 0 radical (unpaired) electrons. The van der Waals surface area contributed by atoms with Crippen LogP contribution in [0.25, 0.3) is 10.9 Å². The van der Waals surface area contributed by atoms with Gasteiger partial charge in [0.15, 0.2) is 0 Å². The molecule has 314 valence electrons. The lowest BCUT2D eigenvalue weighted by Crippen LogP contribution is -2.58. The van der Waals surface area contributed by atoms with Crippen LogP contribution < -0.4 is 20.7 Å². The number of unbranched alkanes of at least 4 members (excludes halogenated alkanes) is 3. The number of alkyl halides is 3. The number of carbonyl (C=O) groups is 3. The third-order valence-electron chi connectivity index (χ3n) is 12.0. The molecule has 0 atom stereocenters. The number of carbonyl (C=O) groups excluding carboxylic acids is 3. The van der Waals surface area contributed by atoms with Crippen LogP contribution in [0.15, 0.2) is 72.9 Å². The molecule has 3 N–H and O–H groups in total. The molecule has 3 heterocycles. The number of halogens is 3. The molecule has 0 bridgehead atoms. The molecule has 2 saturated heterocycles. The minimum absolute atomic E-state index is 0.0736. The molecule has 3 aromatic carbocycles. The zero-order valence-corrected chi connectivity index (χ0v) is 34.4. The number of anilines is 1. The van der Waals surface area contributed by atoms with Crippen molar-refractivity contribution in [3.8, 4) is 11.8 Å². The van der Waals surface area contributed by atoms with Gasteiger partial charge in [-0.2, -0.15) is 18.4 Å². The van der Waals surface area contributed by atoms with Gasteiger partial charge in [-0.3, -0.25) is 19.8 Å². The Labute approximate surface area is 344 Å². The number of piperidine rings is 1. The minimum atomic E-state index is -4.56. The van der Waals surface area contributed by atoms with Gasteiger partial charge in [0.25, 0.3) is 0 Å². The quantitative estimate of drug-likeness (QED) is 0.137. The Morgan fingerprint density at radius 1 is 0.932 bits per heavy atom. The molecule has 0 unspecified atom stereocenters. The number of rotatable bonds is 12. The highest BCUT2D eigenvalue weighted by Crippen LogP contribution is 2.55. The second-order valence-electron chi connectivity index (χ2n) is 17.5. The van der Waals surface area contributed by atoms with Crippen molar-refractivity contribution in [1.29, 1.82) is 5.26 Å². The van der Waals surface area contributed by atoms with Crippen molar-refractivity contribution in [2.24, 2.45) is 16.6 Å². The predicted octanol–water partition coefficient (Wildman–Crippen LogP) is 9.41. The molecule has 1 aliphatic carbocycles. The summed E-state index contributed by atoms with van der Waals surface area (Å²) in [7, 11) is 0. The number of imide groups is 1. The van der Waals surface area contributed by atoms with Crippen LogP contribution in [0.2, 0.25) is 0 Å². The molecule has 1 saturated carbocycles. The average Bonchev–Trinajstić information content (AvgIpc) is 3.63. The van der Waals surface area contributed by atoms with Gasteiger partial charge < -0.3 is 19.9 Å². The van der Waals surface area contributed by atoms with E-state index in [2.05, 4.69) is 33.1 Å². The first-order chi connectivity index (χ1) is 28.0. The maximum absolute atomic E-state index is 12.9.